The van der Waals surface area contributed by atoms with Crippen LogP contribution in [0.15, 0.2) is 47.6 Å². The number of anilines is 2. The number of nitro benzene ring substituents is 1. The van der Waals surface area contributed by atoms with Crippen molar-refractivity contribution in [1.82, 2.24) is 5.43 Å². The molecule has 0 radical (unpaired) electrons. The molecule has 0 heterocycles. The van der Waals surface area contributed by atoms with Crippen molar-refractivity contribution in [3.63, 3.8) is 0 Å². The molecule has 0 aliphatic carbocycles. The lowest BCUT2D eigenvalue weighted by Gasteiger charge is -2.24. The van der Waals surface area contributed by atoms with E-state index in [9.17, 15) is 14.9 Å². The second-order valence-corrected chi connectivity index (χ2v) is 6.90. The standard InChI is InChI=1S/C22H29N5O3/c1-4-6-13-26(5-2)21-12-11-19(27(29)30)14-18(21)15-24-25-22(28)16-23-20-10-8-7-9-17(20)3/h7-12,14-15,23H,4-6,13,16H2,1-3H3,(H,25,28). The number of benzene rings is 2. The fraction of sp³-hybridized carbons (Fsp3) is 0.364. The first-order valence-corrected chi connectivity index (χ1v) is 10.1. The topological polar surface area (TPSA) is 99.9 Å². The average molecular weight is 412 g/mol. The zero-order valence-corrected chi connectivity index (χ0v) is 17.7. The van der Waals surface area contributed by atoms with Crippen molar-refractivity contribution in [2.75, 3.05) is 29.9 Å². The lowest BCUT2D eigenvalue weighted by atomic mass is 10.1. The molecule has 30 heavy (non-hydrogen) atoms. The van der Waals surface area contributed by atoms with Gasteiger partial charge in [-0.3, -0.25) is 14.9 Å². The van der Waals surface area contributed by atoms with Crippen LogP contribution in [0.4, 0.5) is 17.1 Å². The number of nitrogens with one attached hydrogen (secondary N) is 2. The van der Waals surface area contributed by atoms with Crippen molar-refractivity contribution in [2.45, 2.75) is 33.6 Å². The van der Waals surface area contributed by atoms with Crippen LogP contribution in [-0.4, -0.2) is 36.7 Å². The Hall–Kier alpha value is -3.42. The number of rotatable bonds is 11. The second-order valence-electron chi connectivity index (χ2n) is 6.90. The monoisotopic (exact) mass is 411 g/mol. The van der Waals surface area contributed by atoms with E-state index in [1.807, 2.05) is 38.1 Å². The van der Waals surface area contributed by atoms with Crippen LogP contribution in [0.5, 0.6) is 0 Å². The van der Waals surface area contributed by atoms with Crippen LogP contribution in [0.25, 0.3) is 0 Å². The molecule has 1 amide bonds. The van der Waals surface area contributed by atoms with Gasteiger partial charge in [-0.05, 0) is 38.0 Å². The van der Waals surface area contributed by atoms with Crippen LogP contribution >= 0.6 is 0 Å². The molecule has 0 aliphatic heterocycles. The molecule has 0 saturated heterocycles. The Bertz CT molecular complexity index is 898. The van der Waals surface area contributed by atoms with Crippen molar-refractivity contribution in [3.8, 4) is 0 Å². The summed E-state index contributed by atoms with van der Waals surface area (Å²) in [7, 11) is 0. The van der Waals surface area contributed by atoms with E-state index in [4.69, 9.17) is 0 Å². The van der Waals surface area contributed by atoms with Crippen LogP contribution < -0.4 is 15.6 Å². The van der Waals surface area contributed by atoms with Crippen molar-refractivity contribution in [2.24, 2.45) is 5.10 Å². The third kappa shape index (κ3) is 6.58. The van der Waals surface area contributed by atoms with E-state index in [0.717, 1.165) is 42.9 Å². The number of nitro groups is 1. The predicted octanol–water partition coefficient (Wildman–Crippen LogP) is 4.09. The summed E-state index contributed by atoms with van der Waals surface area (Å²) < 4.78 is 0. The highest BCUT2D eigenvalue weighted by Gasteiger charge is 2.14. The highest BCUT2D eigenvalue weighted by molar-refractivity contribution is 5.90. The zero-order valence-electron chi connectivity index (χ0n) is 17.7. The maximum atomic E-state index is 12.1. The minimum Gasteiger partial charge on any atom is -0.376 e. The maximum absolute atomic E-state index is 12.1. The molecule has 2 N–H and O–H groups in total. The number of hydrogen-bond acceptors (Lipinski definition) is 6. The van der Waals surface area contributed by atoms with Crippen LogP contribution in [-0.2, 0) is 4.79 Å². The molecule has 2 aromatic rings. The first-order chi connectivity index (χ1) is 14.5. The Labute approximate surface area is 177 Å². The number of non-ortho nitro benzene ring substituents is 1. The molecule has 8 nitrogen and oxygen atoms in total. The summed E-state index contributed by atoms with van der Waals surface area (Å²) in [6.45, 7) is 7.80. The number of amides is 1. The maximum Gasteiger partial charge on any atom is 0.270 e. The van der Waals surface area contributed by atoms with E-state index in [-0.39, 0.29) is 18.1 Å². The van der Waals surface area contributed by atoms with Gasteiger partial charge in [-0.1, -0.05) is 31.5 Å². The van der Waals surface area contributed by atoms with Crippen LogP contribution in [0.1, 0.15) is 37.8 Å². The van der Waals surface area contributed by atoms with Gasteiger partial charge in [-0.15, -0.1) is 0 Å². The van der Waals surface area contributed by atoms with Gasteiger partial charge in [0.25, 0.3) is 11.6 Å². The summed E-state index contributed by atoms with van der Waals surface area (Å²) >= 11 is 0. The summed E-state index contributed by atoms with van der Waals surface area (Å²) in [5.74, 6) is -0.306. The molecule has 0 spiro atoms. The Morgan fingerprint density at radius 2 is 2.00 bits per heavy atom. The highest BCUT2D eigenvalue weighted by Crippen LogP contribution is 2.24. The van der Waals surface area contributed by atoms with Gasteiger partial charge < -0.3 is 10.2 Å². The summed E-state index contributed by atoms with van der Waals surface area (Å²) in [6.07, 6.45) is 3.53. The van der Waals surface area contributed by atoms with Crippen molar-refractivity contribution in [3.05, 3.63) is 63.7 Å². The molecule has 0 saturated carbocycles. The minimum absolute atomic E-state index is 0.0145. The Morgan fingerprint density at radius 1 is 1.23 bits per heavy atom. The minimum atomic E-state index is -0.436. The SMILES string of the molecule is CCCCN(CC)c1ccc([N+](=O)[O-])cc1C=NNC(=O)CNc1ccccc1C. The van der Waals surface area contributed by atoms with Crippen LogP contribution in [0.2, 0.25) is 0 Å². The Kier molecular flexibility index (Phi) is 8.80. The molecular weight excluding hydrogens is 382 g/mol. The van der Waals surface area contributed by atoms with Gasteiger partial charge in [0.1, 0.15) is 0 Å². The highest BCUT2D eigenvalue weighted by atomic mass is 16.6. The normalized spacial score (nSPS) is 10.8. The van der Waals surface area contributed by atoms with Crippen LogP contribution in [0.3, 0.4) is 0 Å². The van der Waals surface area contributed by atoms with Gasteiger partial charge >= 0.3 is 0 Å². The molecule has 8 heteroatoms. The molecule has 0 unspecified atom stereocenters. The van der Waals surface area contributed by atoms with Gasteiger partial charge in [-0.2, -0.15) is 5.10 Å². The molecule has 0 aliphatic rings. The van der Waals surface area contributed by atoms with Crippen molar-refractivity contribution >= 4 is 29.2 Å². The van der Waals surface area contributed by atoms with E-state index < -0.39 is 4.92 Å². The van der Waals surface area contributed by atoms with E-state index in [0.29, 0.717) is 5.56 Å². The number of carbonyl (C=O) groups excluding carboxylic acids is 1. The second kappa shape index (κ2) is 11.5. The van der Waals surface area contributed by atoms with E-state index in [1.54, 1.807) is 6.07 Å². The largest absolute Gasteiger partial charge is 0.376 e. The van der Waals surface area contributed by atoms with Gasteiger partial charge in [-0.25, -0.2) is 5.43 Å². The zero-order chi connectivity index (χ0) is 21.9. The number of para-hydroxylation sites is 1. The van der Waals surface area contributed by atoms with Gasteiger partial charge in [0.2, 0.25) is 0 Å². The van der Waals surface area contributed by atoms with E-state index >= 15 is 0 Å². The number of aryl methyl sites for hydroxylation is 1. The molecule has 0 fully saturated rings. The van der Waals surface area contributed by atoms with Gasteiger partial charge in [0.05, 0.1) is 17.7 Å². The molecule has 0 bridgehead atoms. The number of carbonyl (C=O) groups is 1. The molecule has 2 aromatic carbocycles. The number of hydrazone groups is 1. The van der Waals surface area contributed by atoms with Gasteiger partial charge in [0, 0.05) is 42.2 Å². The number of unbranched alkanes of at least 4 members (excludes halogenated alkanes) is 1. The predicted molar refractivity (Wildman–Crippen MR) is 121 cm³/mol. The fourth-order valence-electron chi connectivity index (χ4n) is 3.00. The summed E-state index contributed by atoms with van der Waals surface area (Å²) in [5, 5.41) is 18.3. The quantitative estimate of drug-likeness (QED) is 0.329. The summed E-state index contributed by atoms with van der Waals surface area (Å²) in [4.78, 5) is 25.0. The smallest absolute Gasteiger partial charge is 0.270 e. The molecule has 0 aromatic heterocycles. The van der Waals surface area contributed by atoms with Gasteiger partial charge in [0.15, 0.2) is 0 Å². The first kappa shape index (κ1) is 22.9. The molecule has 0 atom stereocenters. The fourth-order valence-corrected chi connectivity index (χ4v) is 3.00. The molecule has 160 valence electrons. The van der Waals surface area contributed by atoms with E-state index in [1.165, 1.54) is 18.3 Å². The van der Waals surface area contributed by atoms with Crippen molar-refractivity contribution < 1.29 is 9.72 Å². The molecule has 2 rings (SSSR count). The summed E-state index contributed by atoms with van der Waals surface area (Å²) in [5.41, 5.74) is 5.83. The van der Waals surface area contributed by atoms with E-state index in [2.05, 4.69) is 27.7 Å². The third-order valence-corrected chi connectivity index (χ3v) is 4.70. The van der Waals surface area contributed by atoms with Crippen molar-refractivity contribution in [1.29, 1.82) is 0 Å². The first-order valence-electron chi connectivity index (χ1n) is 10.1. The molecular formula is C22H29N5O3. The lowest BCUT2D eigenvalue weighted by Crippen LogP contribution is -2.27. The van der Waals surface area contributed by atoms with Crippen LogP contribution in [0, 0.1) is 17.0 Å². The number of hydrogen-bond donors (Lipinski definition) is 2. The Balaban J connectivity index is 2.09. The third-order valence-electron chi connectivity index (χ3n) is 4.70. The average Bonchev–Trinajstić information content (AvgIpc) is 2.74. The lowest BCUT2D eigenvalue weighted by molar-refractivity contribution is -0.384. The number of nitrogens with zero attached hydrogens (tertiary/aromatic N) is 3. The Morgan fingerprint density at radius 3 is 2.67 bits per heavy atom. The summed E-state index contributed by atoms with van der Waals surface area (Å²) in [6, 6.07) is 12.4.